The van der Waals surface area contributed by atoms with Gasteiger partial charge in [-0.15, -0.1) is 0 Å². The standard InChI is InChI=1S/C16H20FN3O/c17-12-5-2-1-4-11(12)16-18-10-15(21)20(16)14-7-9-19-8-3-6-13(14)19/h1-2,4-5,13-14,16,18H,3,6-10H2. The second-order valence-corrected chi connectivity index (χ2v) is 6.21. The fourth-order valence-electron chi connectivity index (χ4n) is 4.23. The molecule has 4 nitrogen and oxygen atoms in total. The molecule has 3 heterocycles. The first kappa shape index (κ1) is 13.2. The third-order valence-electron chi connectivity index (χ3n) is 5.14. The van der Waals surface area contributed by atoms with Crippen molar-refractivity contribution in [2.24, 2.45) is 0 Å². The molecule has 21 heavy (non-hydrogen) atoms. The number of carbonyl (C=O) groups is 1. The number of halogens is 1. The molecule has 0 aliphatic carbocycles. The summed E-state index contributed by atoms with van der Waals surface area (Å²) in [5, 5.41) is 3.19. The van der Waals surface area contributed by atoms with Crippen LogP contribution in [0.5, 0.6) is 0 Å². The molecule has 1 aromatic rings. The lowest BCUT2D eigenvalue weighted by Gasteiger charge is -2.34. The summed E-state index contributed by atoms with van der Waals surface area (Å²) in [6, 6.07) is 7.45. The molecule has 1 aromatic carbocycles. The van der Waals surface area contributed by atoms with Crippen LogP contribution >= 0.6 is 0 Å². The van der Waals surface area contributed by atoms with Gasteiger partial charge in [-0.3, -0.25) is 15.0 Å². The van der Waals surface area contributed by atoms with Crippen LogP contribution in [0.3, 0.4) is 0 Å². The van der Waals surface area contributed by atoms with E-state index >= 15 is 0 Å². The number of hydrogen-bond acceptors (Lipinski definition) is 3. The largest absolute Gasteiger partial charge is 0.317 e. The third-order valence-corrected chi connectivity index (χ3v) is 5.14. The molecule has 0 spiro atoms. The average molecular weight is 289 g/mol. The molecule has 0 radical (unpaired) electrons. The van der Waals surface area contributed by atoms with E-state index in [4.69, 9.17) is 0 Å². The molecule has 3 fully saturated rings. The van der Waals surface area contributed by atoms with Crippen molar-refractivity contribution < 1.29 is 9.18 Å². The first-order valence-corrected chi connectivity index (χ1v) is 7.79. The molecule has 3 aliphatic heterocycles. The number of fused-ring (bicyclic) bond motifs is 1. The van der Waals surface area contributed by atoms with E-state index in [1.54, 1.807) is 12.1 Å². The molecule has 112 valence electrons. The van der Waals surface area contributed by atoms with Crippen molar-refractivity contribution in [2.75, 3.05) is 19.6 Å². The first-order chi connectivity index (χ1) is 10.3. The molecule has 5 heteroatoms. The fraction of sp³-hybridized carbons (Fsp3) is 0.562. The van der Waals surface area contributed by atoms with Gasteiger partial charge in [0.25, 0.3) is 0 Å². The molecule has 3 aliphatic rings. The van der Waals surface area contributed by atoms with Crippen molar-refractivity contribution in [3.05, 3.63) is 35.6 Å². The summed E-state index contributed by atoms with van der Waals surface area (Å²) in [7, 11) is 0. The molecule has 4 rings (SSSR count). The van der Waals surface area contributed by atoms with Gasteiger partial charge in [0.1, 0.15) is 12.0 Å². The average Bonchev–Trinajstić information content (AvgIpc) is 3.15. The van der Waals surface area contributed by atoms with E-state index in [2.05, 4.69) is 10.2 Å². The van der Waals surface area contributed by atoms with Crippen molar-refractivity contribution in [1.29, 1.82) is 0 Å². The van der Waals surface area contributed by atoms with Crippen LogP contribution in [0.4, 0.5) is 4.39 Å². The monoisotopic (exact) mass is 289 g/mol. The Kier molecular flexibility index (Phi) is 3.19. The molecular formula is C16H20FN3O. The van der Waals surface area contributed by atoms with E-state index < -0.39 is 0 Å². The number of hydrogen-bond donors (Lipinski definition) is 1. The maximum atomic E-state index is 14.1. The summed E-state index contributed by atoms with van der Waals surface area (Å²) in [5.74, 6) is -0.141. The number of amides is 1. The second kappa shape index (κ2) is 5.07. The predicted octanol–water partition coefficient (Wildman–Crippen LogP) is 1.49. The Balaban J connectivity index is 1.66. The number of rotatable bonds is 2. The lowest BCUT2D eigenvalue weighted by molar-refractivity contribution is -0.130. The minimum absolute atomic E-state index is 0.0991. The molecule has 1 N–H and O–H groups in total. The van der Waals surface area contributed by atoms with Crippen LogP contribution in [0.25, 0.3) is 0 Å². The second-order valence-electron chi connectivity index (χ2n) is 6.21. The molecule has 3 atom stereocenters. The Morgan fingerprint density at radius 3 is 2.86 bits per heavy atom. The van der Waals surface area contributed by atoms with Crippen LogP contribution < -0.4 is 5.32 Å². The van der Waals surface area contributed by atoms with E-state index in [-0.39, 0.29) is 23.9 Å². The summed E-state index contributed by atoms with van der Waals surface area (Å²) in [6.45, 7) is 2.51. The van der Waals surface area contributed by atoms with Crippen LogP contribution in [0.1, 0.15) is 31.0 Å². The maximum Gasteiger partial charge on any atom is 0.238 e. The molecule has 3 saturated heterocycles. The maximum absolute atomic E-state index is 14.1. The van der Waals surface area contributed by atoms with E-state index in [0.717, 1.165) is 25.9 Å². The van der Waals surface area contributed by atoms with Crippen molar-refractivity contribution in [2.45, 2.75) is 37.5 Å². The van der Waals surface area contributed by atoms with Crippen LogP contribution in [0.15, 0.2) is 24.3 Å². The Bertz CT molecular complexity index is 564. The van der Waals surface area contributed by atoms with Crippen molar-refractivity contribution in [3.8, 4) is 0 Å². The van der Waals surface area contributed by atoms with Crippen LogP contribution in [-0.4, -0.2) is 47.4 Å². The summed E-state index contributed by atoms with van der Waals surface area (Å²) in [5.41, 5.74) is 0.583. The quantitative estimate of drug-likeness (QED) is 0.896. The lowest BCUT2D eigenvalue weighted by atomic mass is 10.0. The Morgan fingerprint density at radius 1 is 1.14 bits per heavy atom. The third kappa shape index (κ3) is 2.07. The molecular weight excluding hydrogens is 269 g/mol. The van der Waals surface area contributed by atoms with Crippen LogP contribution in [0.2, 0.25) is 0 Å². The zero-order valence-electron chi connectivity index (χ0n) is 12.0. The molecule has 0 aromatic heterocycles. The molecule has 3 unspecified atom stereocenters. The highest BCUT2D eigenvalue weighted by Crippen LogP contribution is 2.36. The van der Waals surface area contributed by atoms with E-state index in [9.17, 15) is 9.18 Å². The predicted molar refractivity (Wildman–Crippen MR) is 77.0 cm³/mol. The highest BCUT2D eigenvalue weighted by Gasteiger charge is 2.46. The Labute approximate surface area is 123 Å². The van der Waals surface area contributed by atoms with Gasteiger partial charge in [0.2, 0.25) is 5.91 Å². The minimum Gasteiger partial charge on any atom is -0.317 e. The van der Waals surface area contributed by atoms with Gasteiger partial charge in [-0.1, -0.05) is 18.2 Å². The van der Waals surface area contributed by atoms with E-state index in [1.165, 1.54) is 12.5 Å². The van der Waals surface area contributed by atoms with Gasteiger partial charge in [0, 0.05) is 18.2 Å². The van der Waals surface area contributed by atoms with Gasteiger partial charge in [0.05, 0.1) is 12.6 Å². The summed E-state index contributed by atoms with van der Waals surface area (Å²) < 4.78 is 14.1. The fourth-order valence-corrected chi connectivity index (χ4v) is 4.23. The Morgan fingerprint density at radius 2 is 2.00 bits per heavy atom. The van der Waals surface area contributed by atoms with Crippen LogP contribution in [-0.2, 0) is 4.79 Å². The summed E-state index contributed by atoms with van der Waals surface area (Å²) in [4.78, 5) is 16.8. The number of nitrogens with zero attached hydrogens (tertiary/aromatic N) is 2. The SMILES string of the molecule is O=C1CNC(c2ccccc2F)N1C1CCN2CCCC12. The van der Waals surface area contributed by atoms with E-state index in [1.807, 2.05) is 11.0 Å². The highest BCUT2D eigenvalue weighted by atomic mass is 19.1. The minimum atomic E-state index is -0.316. The van der Waals surface area contributed by atoms with Gasteiger partial charge in [-0.2, -0.15) is 0 Å². The van der Waals surface area contributed by atoms with Gasteiger partial charge >= 0.3 is 0 Å². The van der Waals surface area contributed by atoms with Crippen molar-refractivity contribution in [3.63, 3.8) is 0 Å². The Hall–Kier alpha value is -1.46. The van der Waals surface area contributed by atoms with Crippen molar-refractivity contribution in [1.82, 2.24) is 15.1 Å². The molecule has 0 saturated carbocycles. The topological polar surface area (TPSA) is 35.6 Å². The molecule has 1 amide bonds. The highest BCUT2D eigenvalue weighted by molar-refractivity contribution is 5.81. The first-order valence-electron chi connectivity index (χ1n) is 7.79. The number of nitrogens with one attached hydrogen (secondary N) is 1. The van der Waals surface area contributed by atoms with Gasteiger partial charge < -0.3 is 4.90 Å². The van der Waals surface area contributed by atoms with Gasteiger partial charge in [-0.05, 0) is 31.9 Å². The zero-order chi connectivity index (χ0) is 14.4. The normalized spacial score (nSPS) is 32.9. The van der Waals surface area contributed by atoms with Crippen molar-refractivity contribution >= 4 is 5.91 Å². The number of benzene rings is 1. The van der Waals surface area contributed by atoms with Gasteiger partial charge in [0.15, 0.2) is 0 Å². The zero-order valence-corrected chi connectivity index (χ0v) is 12.0. The smallest absolute Gasteiger partial charge is 0.238 e. The van der Waals surface area contributed by atoms with E-state index in [0.29, 0.717) is 18.2 Å². The number of carbonyl (C=O) groups excluding carboxylic acids is 1. The lowest BCUT2D eigenvalue weighted by Crippen LogP contribution is -2.45. The van der Waals surface area contributed by atoms with Crippen LogP contribution in [0, 0.1) is 5.82 Å². The van der Waals surface area contributed by atoms with Gasteiger partial charge in [-0.25, -0.2) is 4.39 Å². The summed E-state index contributed by atoms with van der Waals surface area (Å²) >= 11 is 0. The molecule has 0 bridgehead atoms. The summed E-state index contributed by atoms with van der Waals surface area (Å²) in [6.07, 6.45) is 3.05.